The second-order valence-electron chi connectivity index (χ2n) is 3.89. The van der Waals surface area contributed by atoms with Crippen molar-refractivity contribution in [2.45, 2.75) is 39.2 Å². The van der Waals surface area contributed by atoms with E-state index in [1.807, 2.05) is 20.8 Å². The molecule has 1 fully saturated rings. The van der Waals surface area contributed by atoms with Gasteiger partial charge < -0.3 is 4.74 Å². The number of imide groups is 1. The molecule has 86 valence electrons. The van der Waals surface area contributed by atoms with E-state index in [-0.39, 0.29) is 17.4 Å². The first-order chi connectivity index (χ1) is 6.78. The second kappa shape index (κ2) is 5.85. The molecule has 0 aromatic rings. The Morgan fingerprint density at radius 1 is 1.27 bits per heavy atom. The average Bonchev–Trinajstić information content (AvgIpc) is 2.35. The average molecular weight is 280 g/mol. The van der Waals surface area contributed by atoms with E-state index in [0.717, 1.165) is 3.93 Å². The van der Waals surface area contributed by atoms with Crippen LogP contribution in [0.15, 0.2) is 0 Å². The number of carbonyl (C=O) groups is 3. The largest absolute Gasteiger partial charge is 0.462 e. The summed E-state index contributed by atoms with van der Waals surface area (Å²) < 4.78 is 5.53. The molecule has 1 rings (SSSR count). The van der Waals surface area contributed by atoms with Crippen LogP contribution in [-0.4, -0.2) is 27.8 Å². The minimum atomic E-state index is -0.318. The third kappa shape index (κ3) is 6.22. The van der Waals surface area contributed by atoms with Crippen LogP contribution in [0, 0.1) is 0 Å². The van der Waals surface area contributed by atoms with E-state index < -0.39 is 0 Å². The van der Waals surface area contributed by atoms with Gasteiger partial charge in [-0.2, -0.15) is 0 Å². The van der Waals surface area contributed by atoms with Gasteiger partial charge in [0.05, 0.1) is 16.1 Å². The third-order valence-electron chi connectivity index (χ3n) is 1.39. The molecular weight excluding hydrogens is 266 g/mol. The molecule has 1 heterocycles. The molecule has 15 heavy (non-hydrogen) atoms. The van der Waals surface area contributed by atoms with Crippen molar-refractivity contribution < 1.29 is 19.1 Å². The molecule has 0 bridgehead atoms. The molecule has 6 heteroatoms. The molecule has 0 saturated carbocycles. The van der Waals surface area contributed by atoms with E-state index in [2.05, 4.69) is 20.9 Å². The number of carbonyl (C=O) groups excluding carboxylic acids is 3. The van der Waals surface area contributed by atoms with Gasteiger partial charge in [0.15, 0.2) is 0 Å². The Morgan fingerprint density at radius 2 is 1.67 bits per heavy atom. The molecule has 5 nitrogen and oxygen atoms in total. The Hall–Kier alpha value is -0.910. The lowest BCUT2D eigenvalue weighted by molar-refractivity contribution is -0.138. The molecular formula is C9H14BrNO4. The number of nitrogens with zero attached hydrogens (tertiary/aromatic N) is 1. The summed E-state index contributed by atoms with van der Waals surface area (Å²) in [5.74, 6) is -0.287. The van der Waals surface area contributed by atoms with Crippen molar-refractivity contribution in [2.75, 3.05) is 0 Å². The second-order valence-corrected chi connectivity index (χ2v) is 4.60. The molecule has 0 aliphatic carbocycles. The molecule has 0 atom stereocenters. The smallest absolute Gasteiger partial charge is 0.293 e. The first-order valence-electron chi connectivity index (χ1n) is 4.41. The van der Waals surface area contributed by atoms with Crippen LogP contribution in [0.25, 0.3) is 0 Å². The summed E-state index contributed by atoms with van der Waals surface area (Å²) >= 11 is 2.80. The van der Waals surface area contributed by atoms with Crippen LogP contribution >= 0.6 is 16.1 Å². The van der Waals surface area contributed by atoms with Gasteiger partial charge in [-0.05, 0) is 20.8 Å². The van der Waals surface area contributed by atoms with Gasteiger partial charge >= 0.3 is 0 Å². The minimum absolute atomic E-state index is 0.144. The summed E-state index contributed by atoms with van der Waals surface area (Å²) in [5.41, 5.74) is -0.318. The number of halogens is 1. The van der Waals surface area contributed by atoms with Crippen molar-refractivity contribution in [3.63, 3.8) is 0 Å². The van der Waals surface area contributed by atoms with Crippen LogP contribution in [0.4, 0.5) is 0 Å². The van der Waals surface area contributed by atoms with E-state index in [9.17, 15) is 14.4 Å². The summed E-state index contributed by atoms with van der Waals surface area (Å²) in [4.78, 5) is 30.5. The van der Waals surface area contributed by atoms with E-state index >= 15 is 0 Å². The quantitative estimate of drug-likeness (QED) is 0.414. The first-order valence-corrected chi connectivity index (χ1v) is 5.12. The van der Waals surface area contributed by atoms with Crippen molar-refractivity contribution in [1.29, 1.82) is 0 Å². The van der Waals surface area contributed by atoms with E-state index in [4.69, 9.17) is 0 Å². The number of ether oxygens (including phenoxy) is 1. The fourth-order valence-corrected chi connectivity index (χ4v) is 1.05. The van der Waals surface area contributed by atoms with Crippen molar-refractivity contribution in [3.05, 3.63) is 0 Å². The Kier molecular flexibility index (Phi) is 5.49. The van der Waals surface area contributed by atoms with E-state index in [1.54, 1.807) is 0 Å². The van der Waals surface area contributed by atoms with Crippen LogP contribution in [0.5, 0.6) is 0 Å². The monoisotopic (exact) mass is 279 g/mol. The summed E-state index contributed by atoms with van der Waals surface area (Å²) in [6.07, 6.45) is 0.703. The van der Waals surface area contributed by atoms with Gasteiger partial charge in [-0.1, -0.05) is 0 Å². The number of rotatable bonds is 1. The summed E-state index contributed by atoms with van der Waals surface area (Å²) in [7, 11) is 0. The SMILES string of the molecule is CC(C)(C)OC=O.O=C1CCC(=O)N1Br. The number of hydrogen-bond acceptors (Lipinski definition) is 4. The van der Waals surface area contributed by atoms with Crippen LogP contribution in [-0.2, 0) is 19.1 Å². The predicted molar refractivity (Wildman–Crippen MR) is 56.9 cm³/mol. The minimum Gasteiger partial charge on any atom is -0.462 e. The lowest BCUT2D eigenvalue weighted by Gasteiger charge is -2.14. The fourth-order valence-electron chi connectivity index (χ4n) is 0.694. The van der Waals surface area contributed by atoms with Crippen molar-refractivity contribution in [3.8, 4) is 0 Å². The highest BCUT2D eigenvalue weighted by Gasteiger charge is 2.26. The maximum absolute atomic E-state index is 10.4. The molecule has 0 aromatic heterocycles. The summed E-state index contributed by atoms with van der Waals surface area (Å²) in [6.45, 7) is 5.92. The highest BCUT2D eigenvalue weighted by molar-refractivity contribution is 9.08. The van der Waals surface area contributed by atoms with Gasteiger partial charge in [0, 0.05) is 12.8 Å². The van der Waals surface area contributed by atoms with Crippen molar-refractivity contribution >= 4 is 34.4 Å². The van der Waals surface area contributed by atoms with Crippen molar-refractivity contribution in [2.24, 2.45) is 0 Å². The topological polar surface area (TPSA) is 63.7 Å². The Bertz CT molecular complexity index is 243. The Balaban J connectivity index is 0.000000265. The van der Waals surface area contributed by atoms with Gasteiger partial charge in [0.25, 0.3) is 6.47 Å². The lowest BCUT2D eigenvalue weighted by Crippen LogP contribution is -2.17. The molecule has 0 aromatic carbocycles. The highest BCUT2D eigenvalue weighted by atomic mass is 79.9. The standard InChI is InChI=1S/C5H10O2.C4H4BrNO2/c1-5(2,3)7-4-6;5-6-3(7)1-2-4(6)8/h4H,1-3H3;1-2H2. The maximum Gasteiger partial charge on any atom is 0.293 e. The lowest BCUT2D eigenvalue weighted by atomic mass is 10.2. The van der Waals surface area contributed by atoms with Gasteiger partial charge in [-0.15, -0.1) is 0 Å². The number of hydrogen-bond donors (Lipinski definition) is 0. The van der Waals surface area contributed by atoms with Gasteiger partial charge in [-0.25, -0.2) is 3.93 Å². The molecule has 0 spiro atoms. The summed E-state index contributed by atoms with van der Waals surface area (Å²) in [6, 6.07) is 0. The molecule has 1 aliphatic heterocycles. The first kappa shape index (κ1) is 14.1. The van der Waals surface area contributed by atoms with E-state index in [1.165, 1.54) is 0 Å². The van der Waals surface area contributed by atoms with Crippen molar-refractivity contribution in [1.82, 2.24) is 3.93 Å². The third-order valence-corrected chi connectivity index (χ3v) is 2.18. The molecule has 1 aliphatic rings. The number of amides is 2. The summed E-state index contributed by atoms with van der Waals surface area (Å²) in [5, 5.41) is 0. The van der Waals surface area contributed by atoms with E-state index in [0.29, 0.717) is 19.3 Å². The molecule has 0 N–H and O–H groups in total. The maximum atomic E-state index is 10.4. The van der Waals surface area contributed by atoms with Gasteiger partial charge in [0.2, 0.25) is 11.8 Å². The Morgan fingerprint density at radius 3 is 1.73 bits per heavy atom. The van der Waals surface area contributed by atoms with Crippen LogP contribution < -0.4 is 0 Å². The molecule has 1 saturated heterocycles. The van der Waals surface area contributed by atoms with Gasteiger partial charge in [0.1, 0.15) is 5.60 Å². The molecule has 0 unspecified atom stereocenters. The van der Waals surface area contributed by atoms with Crippen LogP contribution in [0.3, 0.4) is 0 Å². The predicted octanol–water partition coefficient (Wildman–Crippen LogP) is 1.40. The zero-order valence-corrected chi connectivity index (χ0v) is 10.5. The highest BCUT2D eigenvalue weighted by Crippen LogP contribution is 2.14. The zero-order valence-electron chi connectivity index (χ0n) is 8.95. The Labute approximate surface area is 97.1 Å². The fraction of sp³-hybridized carbons (Fsp3) is 0.667. The van der Waals surface area contributed by atoms with Crippen LogP contribution in [0.1, 0.15) is 33.6 Å². The normalized spacial score (nSPS) is 15.9. The van der Waals surface area contributed by atoms with Crippen LogP contribution in [0.2, 0.25) is 0 Å². The zero-order chi connectivity index (χ0) is 12.1. The van der Waals surface area contributed by atoms with Gasteiger partial charge in [-0.3, -0.25) is 14.4 Å². The molecule has 2 amide bonds. The molecule has 0 radical (unpaired) electrons.